The van der Waals surface area contributed by atoms with Gasteiger partial charge in [-0.3, -0.25) is 0 Å². The molecule has 0 aliphatic carbocycles. The molecule has 0 bridgehead atoms. The van der Waals surface area contributed by atoms with Crippen LogP contribution in [0.3, 0.4) is 0 Å². The van der Waals surface area contributed by atoms with Crippen molar-refractivity contribution in [3.63, 3.8) is 0 Å². The van der Waals surface area contributed by atoms with Crippen LogP contribution < -0.4 is 0 Å². The molecular formula is C22H18ClN3O2S. The molecule has 146 valence electrons. The van der Waals surface area contributed by atoms with Crippen molar-refractivity contribution >= 4 is 34.3 Å². The lowest BCUT2D eigenvalue weighted by Gasteiger charge is -2.08. The van der Waals surface area contributed by atoms with Crippen molar-refractivity contribution in [2.24, 2.45) is 0 Å². The fourth-order valence-corrected chi connectivity index (χ4v) is 4.39. The smallest absolute Gasteiger partial charge is 0.276 e. The molecule has 2 aromatic heterocycles. The number of rotatable bonds is 5. The van der Waals surface area contributed by atoms with E-state index >= 15 is 0 Å². The van der Waals surface area contributed by atoms with Crippen molar-refractivity contribution in [2.45, 2.75) is 24.2 Å². The Morgan fingerprint density at radius 2 is 1.93 bits per heavy atom. The van der Waals surface area contributed by atoms with Gasteiger partial charge in [0.2, 0.25) is 5.89 Å². The van der Waals surface area contributed by atoms with Crippen LogP contribution in [0.2, 0.25) is 5.02 Å². The third-order valence-corrected chi connectivity index (χ3v) is 6.11. The number of ether oxygens (including phenoxy) is 1. The predicted octanol–water partition coefficient (Wildman–Crippen LogP) is 5.88. The molecule has 0 amide bonds. The van der Waals surface area contributed by atoms with Crippen molar-refractivity contribution < 1.29 is 9.15 Å². The van der Waals surface area contributed by atoms with E-state index in [2.05, 4.69) is 10.2 Å². The van der Waals surface area contributed by atoms with Gasteiger partial charge in [0, 0.05) is 28.3 Å². The highest BCUT2D eigenvalue weighted by molar-refractivity contribution is 7.99. The predicted molar refractivity (Wildman–Crippen MR) is 115 cm³/mol. The molecule has 1 saturated heterocycles. The van der Waals surface area contributed by atoms with Gasteiger partial charge in [-0.2, -0.15) is 0 Å². The van der Waals surface area contributed by atoms with Crippen molar-refractivity contribution in [3.8, 4) is 22.7 Å². The Bertz CT molecular complexity index is 1140. The van der Waals surface area contributed by atoms with Gasteiger partial charge >= 0.3 is 0 Å². The second-order valence-electron chi connectivity index (χ2n) is 6.90. The average molecular weight is 424 g/mol. The van der Waals surface area contributed by atoms with Gasteiger partial charge in [-0.25, -0.2) is 4.98 Å². The van der Waals surface area contributed by atoms with Crippen LogP contribution in [0, 0.1) is 0 Å². The summed E-state index contributed by atoms with van der Waals surface area (Å²) >= 11 is 7.58. The van der Waals surface area contributed by atoms with E-state index in [0.717, 1.165) is 52.9 Å². The number of thioether (sulfide) groups is 1. The van der Waals surface area contributed by atoms with Gasteiger partial charge in [0.25, 0.3) is 5.22 Å². The molecule has 0 N–H and O–H groups in total. The number of benzene rings is 2. The highest BCUT2D eigenvalue weighted by Crippen LogP contribution is 2.33. The lowest BCUT2D eigenvalue weighted by Crippen LogP contribution is -2.07. The minimum atomic E-state index is 0.272. The highest BCUT2D eigenvalue weighted by atomic mass is 35.5. The van der Waals surface area contributed by atoms with E-state index in [1.807, 2.05) is 54.6 Å². The average Bonchev–Trinajstić information content (AvgIpc) is 3.44. The third-order valence-electron chi connectivity index (χ3n) is 4.91. The Labute approximate surface area is 177 Å². The minimum absolute atomic E-state index is 0.272. The summed E-state index contributed by atoms with van der Waals surface area (Å²) in [5.74, 6) is 1.32. The standard InChI is InChI=1S/C22H18ClN3O2S/c23-15-9-7-14(8-10-15)20-12-18(17-5-1-2-6-19(17)24-20)21-25-26-22(28-21)29-13-16-4-3-11-27-16/h1-2,5-10,12,16H,3-4,11,13H2/t16-/m0/s1. The number of aromatic nitrogens is 3. The highest BCUT2D eigenvalue weighted by Gasteiger charge is 2.19. The first-order valence-corrected chi connectivity index (χ1v) is 10.9. The van der Waals surface area contributed by atoms with Crippen LogP contribution in [0.25, 0.3) is 33.6 Å². The van der Waals surface area contributed by atoms with Crippen LogP contribution in [0.15, 0.2) is 64.2 Å². The summed E-state index contributed by atoms with van der Waals surface area (Å²) in [6, 6.07) is 17.6. The minimum Gasteiger partial charge on any atom is -0.411 e. The van der Waals surface area contributed by atoms with Crippen molar-refractivity contribution in [1.29, 1.82) is 0 Å². The lowest BCUT2D eigenvalue weighted by molar-refractivity contribution is 0.128. The molecule has 2 aromatic carbocycles. The monoisotopic (exact) mass is 423 g/mol. The Balaban J connectivity index is 1.51. The summed E-state index contributed by atoms with van der Waals surface area (Å²) in [5.41, 5.74) is 3.56. The molecule has 0 spiro atoms. The Morgan fingerprint density at radius 3 is 2.76 bits per heavy atom. The van der Waals surface area contributed by atoms with E-state index in [1.165, 1.54) is 0 Å². The zero-order valence-electron chi connectivity index (χ0n) is 15.5. The van der Waals surface area contributed by atoms with Gasteiger partial charge < -0.3 is 9.15 Å². The first-order valence-electron chi connectivity index (χ1n) is 9.50. The summed E-state index contributed by atoms with van der Waals surface area (Å²) < 4.78 is 11.7. The van der Waals surface area contributed by atoms with E-state index in [1.54, 1.807) is 11.8 Å². The molecule has 5 nitrogen and oxygen atoms in total. The SMILES string of the molecule is Clc1ccc(-c2cc(-c3nnc(SC[C@@H]4CCCO4)o3)c3ccccc3n2)cc1. The molecule has 1 aliphatic rings. The van der Waals surface area contributed by atoms with Crippen LogP contribution in [0.4, 0.5) is 0 Å². The third kappa shape index (κ3) is 4.01. The molecule has 1 fully saturated rings. The van der Waals surface area contributed by atoms with Crippen LogP contribution >= 0.6 is 23.4 Å². The van der Waals surface area contributed by atoms with E-state index in [0.29, 0.717) is 16.1 Å². The number of hydrogen-bond donors (Lipinski definition) is 0. The summed E-state index contributed by atoms with van der Waals surface area (Å²) in [6.45, 7) is 0.844. The van der Waals surface area contributed by atoms with E-state index in [9.17, 15) is 0 Å². The molecule has 0 unspecified atom stereocenters. The first-order chi connectivity index (χ1) is 14.3. The second kappa shape index (κ2) is 8.14. The Kier molecular flexibility index (Phi) is 5.23. The summed E-state index contributed by atoms with van der Waals surface area (Å²) in [6.07, 6.45) is 2.48. The fourth-order valence-electron chi connectivity index (χ4n) is 3.44. The zero-order chi connectivity index (χ0) is 19.6. The Hall–Kier alpha value is -2.41. The van der Waals surface area contributed by atoms with Gasteiger partial charge in [-0.05, 0) is 37.1 Å². The molecule has 3 heterocycles. The molecule has 29 heavy (non-hydrogen) atoms. The summed E-state index contributed by atoms with van der Waals surface area (Å²) in [4.78, 5) is 4.80. The molecule has 0 saturated carbocycles. The molecule has 7 heteroatoms. The number of halogens is 1. The van der Waals surface area contributed by atoms with Crippen molar-refractivity contribution in [2.75, 3.05) is 12.4 Å². The quantitative estimate of drug-likeness (QED) is 0.374. The zero-order valence-corrected chi connectivity index (χ0v) is 17.1. The molecule has 1 aliphatic heterocycles. The normalized spacial score (nSPS) is 16.5. The van der Waals surface area contributed by atoms with Gasteiger partial charge in [-0.1, -0.05) is 53.7 Å². The largest absolute Gasteiger partial charge is 0.411 e. The number of fused-ring (bicyclic) bond motifs is 1. The first kappa shape index (κ1) is 18.6. The number of para-hydroxylation sites is 1. The maximum absolute atomic E-state index is 6.04. The summed E-state index contributed by atoms with van der Waals surface area (Å²) in [5, 5.41) is 10.8. The summed E-state index contributed by atoms with van der Waals surface area (Å²) in [7, 11) is 0. The van der Waals surface area contributed by atoms with Crippen molar-refractivity contribution in [3.05, 3.63) is 59.6 Å². The van der Waals surface area contributed by atoms with E-state index in [4.69, 9.17) is 25.7 Å². The maximum atomic E-state index is 6.04. The number of nitrogens with zero attached hydrogens (tertiary/aromatic N) is 3. The molecular weight excluding hydrogens is 406 g/mol. The van der Waals surface area contributed by atoms with E-state index < -0.39 is 0 Å². The van der Waals surface area contributed by atoms with Crippen LogP contribution in [-0.4, -0.2) is 33.6 Å². The van der Waals surface area contributed by atoms with Gasteiger partial charge in [0.1, 0.15) is 0 Å². The lowest BCUT2D eigenvalue weighted by atomic mass is 10.0. The number of hydrogen-bond acceptors (Lipinski definition) is 6. The number of pyridine rings is 1. The fraction of sp³-hybridized carbons (Fsp3) is 0.227. The van der Waals surface area contributed by atoms with Crippen LogP contribution in [0.5, 0.6) is 0 Å². The maximum Gasteiger partial charge on any atom is 0.276 e. The molecule has 4 aromatic rings. The molecule has 1 atom stereocenters. The van der Waals surface area contributed by atoms with Gasteiger partial charge in [0.15, 0.2) is 0 Å². The molecule has 5 rings (SSSR count). The second-order valence-corrected chi connectivity index (χ2v) is 8.31. The van der Waals surface area contributed by atoms with Crippen LogP contribution in [0.1, 0.15) is 12.8 Å². The Morgan fingerprint density at radius 1 is 1.07 bits per heavy atom. The van der Waals surface area contributed by atoms with Crippen LogP contribution in [-0.2, 0) is 4.74 Å². The van der Waals surface area contributed by atoms with Gasteiger partial charge in [-0.15, -0.1) is 10.2 Å². The van der Waals surface area contributed by atoms with E-state index in [-0.39, 0.29) is 6.10 Å². The topological polar surface area (TPSA) is 61.0 Å². The molecule has 0 radical (unpaired) electrons. The van der Waals surface area contributed by atoms with Crippen molar-refractivity contribution in [1.82, 2.24) is 15.2 Å². The van der Waals surface area contributed by atoms with Gasteiger partial charge in [0.05, 0.1) is 22.9 Å².